The Hall–Kier alpha value is -1.89. The van der Waals surface area contributed by atoms with E-state index in [0.29, 0.717) is 18.8 Å². The second-order valence-electron chi connectivity index (χ2n) is 5.01. The summed E-state index contributed by atoms with van der Waals surface area (Å²) < 4.78 is 33.9. The normalized spacial score (nSPS) is 17.5. The number of halogens is 2. The third kappa shape index (κ3) is 4.84. The number of benzene rings is 1. The Labute approximate surface area is 128 Å². The highest BCUT2D eigenvalue weighted by Gasteiger charge is 2.21. The summed E-state index contributed by atoms with van der Waals surface area (Å²) in [5, 5.41) is 2.74. The number of carbonyl (C=O) groups is 1. The lowest BCUT2D eigenvalue weighted by Crippen LogP contribution is -2.39. The summed E-state index contributed by atoms with van der Waals surface area (Å²) in [7, 11) is 0. The minimum absolute atomic E-state index is 0.0553. The van der Waals surface area contributed by atoms with Crippen molar-refractivity contribution in [2.24, 2.45) is 0 Å². The van der Waals surface area contributed by atoms with Crippen molar-refractivity contribution in [2.75, 3.05) is 25.0 Å². The summed E-state index contributed by atoms with van der Waals surface area (Å²) in [6.45, 7) is 0.902. The molecule has 2 rings (SSSR count). The van der Waals surface area contributed by atoms with Gasteiger partial charge in [0.05, 0.1) is 6.10 Å². The molecule has 1 N–H and O–H groups in total. The number of amides is 2. The molecule has 5 nitrogen and oxygen atoms in total. The highest BCUT2D eigenvalue weighted by molar-refractivity contribution is 5.89. The molecule has 1 saturated heterocycles. The molecule has 1 fully saturated rings. The van der Waals surface area contributed by atoms with Gasteiger partial charge in [-0.1, -0.05) is 0 Å². The number of hydrogen-bond acceptors (Lipinski definition) is 3. The van der Waals surface area contributed by atoms with E-state index < -0.39 is 6.61 Å². The summed E-state index contributed by atoms with van der Waals surface area (Å²) in [6.07, 6.45) is 2.08. The lowest BCUT2D eigenvalue weighted by molar-refractivity contribution is -0.0498. The van der Waals surface area contributed by atoms with Crippen LogP contribution in [-0.4, -0.2) is 43.3 Å². The Morgan fingerprint density at radius 3 is 2.73 bits per heavy atom. The van der Waals surface area contributed by atoms with Gasteiger partial charge in [0.15, 0.2) is 0 Å². The number of alkyl halides is 2. The van der Waals surface area contributed by atoms with Crippen LogP contribution in [0.1, 0.15) is 19.8 Å². The molecule has 7 heteroatoms. The summed E-state index contributed by atoms with van der Waals surface area (Å²) in [4.78, 5) is 13.9. The fraction of sp³-hybridized carbons (Fsp3) is 0.533. The Balaban J connectivity index is 1.88. The molecular formula is C15H20F2N2O3. The zero-order valence-electron chi connectivity index (χ0n) is 12.4. The molecule has 122 valence electrons. The van der Waals surface area contributed by atoms with Gasteiger partial charge in [-0.05, 0) is 44.0 Å². The first-order valence-corrected chi connectivity index (χ1v) is 7.31. The number of anilines is 1. The molecule has 0 aromatic heterocycles. The Morgan fingerprint density at radius 1 is 1.45 bits per heavy atom. The first-order valence-electron chi connectivity index (χ1n) is 7.31. The van der Waals surface area contributed by atoms with Crippen molar-refractivity contribution in [3.63, 3.8) is 0 Å². The molecule has 1 aromatic carbocycles. The average molecular weight is 314 g/mol. The van der Waals surface area contributed by atoms with E-state index in [1.54, 1.807) is 4.90 Å². The molecule has 2 amide bonds. The molecule has 0 aliphatic carbocycles. The van der Waals surface area contributed by atoms with E-state index in [1.165, 1.54) is 24.3 Å². The molecule has 0 bridgehead atoms. The summed E-state index contributed by atoms with van der Waals surface area (Å²) in [5.74, 6) is 0.0553. The van der Waals surface area contributed by atoms with Crippen molar-refractivity contribution in [3.05, 3.63) is 24.3 Å². The van der Waals surface area contributed by atoms with Crippen LogP contribution >= 0.6 is 0 Å². The van der Waals surface area contributed by atoms with Gasteiger partial charge in [0.25, 0.3) is 0 Å². The van der Waals surface area contributed by atoms with E-state index in [2.05, 4.69) is 10.1 Å². The molecule has 1 heterocycles. The Morgan fingerprint density at radius 2 is 2.18 bits per heavy atom. The second-order valence-corrected chi connectivity index (χ2v) is 5.01. The molecule has 0 saturated carbocycles. The number of rotatable bonds is 6. The zero-order valence-corrected chi connectivity index (χ0v) is 12.4. The van der Waals surface area contributed by atoms with Gasteiger partial charge in [-0.2, -0.15) is 8.78 Å². The maximum absolute atomic E-state index is 12.2. The van der Waals surface area contributed by atoms with Gasteiger partial charge in [-0.15, -0.1) is 0 Å². The van der Waals surface area contributed by atoms with Crippen molar-refractivity contribution >= 4 is 11.7 Å². The van der Waals surface area contributed by atoms with Crippen molar-refractivity contribution in [1.82, 2.24) is 4.90 Å². The summed E-state index contributed by atoms with van der Waals surface area (Å²) in [6, 6.07) is 5.59. The highest BCUT2D eigenvalue weighted by Crippen LogP contribution is 2.18. The predicted octanol–water partition coefficient (Wildman–Crippen LogP) is 3.32. The second kappa shape index (κ2) is 7.93. The number of urea groups is 1. The number of likely N-dealkylation sites (N-methyl/N-ethyl adjacent to an activating group) is 1. The monoisotopic (exact) mass is 314 g/mol. The number of nitrogens with one attached hydrogen (secondary N) is 1. The highest BCUT2D eigenvalue weighted by atomic mass is 19.3. The molecule has 22 heavy (non-hydrogen) atoms. The van der Waals surface area contributed by atoms with Gasteiger partial charge in [0.2, 0.25) is 0 Å². The molecule has 1 aliphatic rings. The lowest BCUT2D eigenvalue weighted by Gasteiger charge is -2.24. The number of nitrogens with zero attached hydrogens (tertiary/aromatic N) is 1. The van der Waals surface area contributed by atoms with Gasteiger partial charge >= 0.3 is 12.6 Å². The van der Waals surface area contributed by atoms with Crippen LogP contribution in [0.3, 0.4) is 0 Å². The minimum Gasteiger partial charge on any atom is -0.435 e. The van der Waals surface area contributed by atoms with Crippen LogP contribution in [0, 0.1) is 0 Å². The standard InChI is InChI=1S/C15H20F2N2O3/c1-2-19(10-13-4-3-9-21-13)15(20)18-11-5-7-12(8-6-11)22-14(16)17/h5-8,13-14H,2-4,9-10H2,1H3,(H,18,20). The van der Waals surface area contributed by atoms with Crippen molar-refractivity contribution in [1.29, 1.82) is 0 Å². The number of ether oxygens (including phenoxy) is 2. The van der Waals surface area contributed by atoms with Crippen LogP contribution in [0.15, 0.2) is 24.3 Å². The van der Waals surface area contributed by atoms with Crippen molar-refractivity contribution in [3.8, 4) is 5.75 Å². The summed E-state index contributed by atoms with van der Waals surface area (Å²) in [5.41, 5.74) is 0.525. The zero-order chi connectivity index (χ0) is 15.9. The van der Waals surface area contributed by atoms with E-state index in [9.17, 15) is 13.6 Å². The van der Waals surface area contributed by atoms with Crippen LogP contribution in [-0.2, 0) is 4.74 Å². The lowest BCUT2D eigenvalue weighted by atomic mass is 10.2. The Bertz CT molecular complexity index is 476. The largest absolute Gasteiger partial charge is 0.435 e. The van der Waals surface area contributed by atoms with Crippen LogP contribution < -0.4 is 10.1 Å². The fourth-order valence-electron chi connectivity index (χ4n) is 2.31. The molecule has 0 radical (unpaired) electrons. The molecule has 1 atom stereocenters. The van der Waals surface area contributed by atoms with E-state index in [0.717, 1.165) is 19.4 Å². The predicted molar refractivity (Wildman–Crippen MR) is 78.3 cm³/mol. The fourth-order valence-corrected chi connectivity index (χ4v) is 2.31. The van der Waals surface area contributed by atoms with Gasteiger partial charge in [-0.25, -0.2) is 4.79 Å². The maximum atomic E-state index is 12.2. The summed E-state index contributed by atoms with van der Waals surface area (Å²) >= 11 is 0. The Kier molecular flexibility index (Phi) is 5.94. The van der Waals surface area contributed by atoms with Gasteiger partial charge in [0.1, 0.15) is 5.75 Å². The van der Waals surface area contributed by atoms with E-state index in [1.807, 2.05) is 6.92 Å². The van der Waals surface area contributed by atoms with Crippen molar-refractivity contribution < 1.29 is 23.0 Å². The van der Waals surface area contributed by atoms with E-state index in [-0.39, 0.29) is 17.9 Å². The molecule has 1 unspecified atom stereocenters. The molecular weight excluding hydrogens is 294 g/mol. The number of carbonyl (C=O) groups excluding carboxylic acids is 1. The first-order chi connectivity index (χ1) is 10.6. The maximum Gasteiger partial charge on any atom is 0.387 e. The molecule has 1 aromatic rings. The van der Waals surface area contributed by atoms with Gasteiger partial charge < -0.3 is 19.7 Å². The van der Waals surface area contributed by atoms with Crippen LogP contribution in [0.25, 0.3) is 0 Å². The van der Waals surface area contributed by atoms with Crippen molar-refractivity contribution in [2.45, 2.75) is 32.5 Å². The van der Waals surface area contributed by atoms with Gasteiger partial charge in [0, 0.05) is 25.4 Å². The third-order valence-electron chi connectivity index (χ3n) is 3.45. The first kappa shape index (κ1) is 16.5. The number of hydrogen-bond donors (Lipinski definition) is 1. The SMILES string of the molecule is CCN(CC1CCCO1)C(=O)Nc1ccc(OC(F)F)cc1. The van der Waals surface area contributed by atoms with E-state index in [4.69, 9.17) is 4.74 Å². The van der Waals surface area contributed by atoms with Crippen LogP contribution in [0.5, 0.6) is 5.75 Å². The van der Waals surface area contributed by atoms with E-state index >= 15 is 0 Å². The quantitative estimate of drug-likeness (QED) is 0.876. The third-order valence-corrected chi connectivity index (χ3v) is 3.45. The van der Waals surface area contributed by atoms with Crippen LogP contribution in [0.2, 0.25) is 0 Å². The smallest absolute Gasteiger partial charge is 0.387 e. The topological polar surface area (TPSA) is 50.8 Å². The average Bonchev–Trinajstić information content (AvgIpc) is 2.99. The van der Waals surface area contributed by atoms with Crippen LogP contribution in [0.4, 0.5) is 19.3 Å². The molecule has 1 aliphatic heterocycles. The molecule has 0 spiro atoms. The van der Waals surface area contributed by atoms with Gasteiger partial charge in [-0.3, -0.25) is 0 Å². The minimum atomic E-state index is -2.86.